The van der Waals surface area contributed by atoms with Crippen molar-refractivity contribution < 1.29 is 4.79 Å². The van der Waals surface area contributed by atoms with Crippen molar-refractivity contribution in [3.63, 3.8) is 0 Å². The van der Waals surface area contributed by atoms with E-state index in [0.717, 1.165) is 24.1 Å². The van der Waals surface area contributed by atoms with E-state index in [-0.39, 0.29) is 10.7 Å². The van der Waals surface area contributed by atoms with Gasteiger partial charge in [0, 0.05) is 5.69 Å². The van der Waals surface area contributed by atoms with E-state index in [9.17, 15) is 4.79 Å². The van der Waals surface area contributed by atoms with E-state index in [1.807, 2.05) is 26.0 Å². The average molecular weight is 284 g/mol. The predicted molar refractivity (Wildman–Crippen MR) is 72.2 cm³/mol. The summed E-state index contributed by atoms with van der Waals surface area (Å²) in [6.45, 7) is 6.09. The third-order valence-electron chi connectivity index (χ3n) is 2.63. The van der Waals surface area contributed by atoms with Gasteiger partial charge in [0.2, 0.25) is 5.91 Å². The molecule has 88 valence electrons. The third-order valence-corrected chi connectivity index (χ3v) is 3.69. The second-order valence-electron chi connectivity index (χ2n) is 3.83. The van der Waals surface area contributed by atoms with Crippen molar-refractivity contribution in [1.29, 1.82) is 0 Å². The van der Waals surface area contributed by atoms with Crippen LogP contribution in [-0.2, 0) is 11.2 Å². The summed E-state index contributed by atoms with van der Waals surface area (Å²) >= 11 is 3.36. The van der Waals surface area contributed by atoms with Gasteiger partial charge in [-0.05, 0) is 30.9 Å². The highest BCUT2D eigenvalue weighted by Crippen LogP contribution is 2.22. The Morgan fingerprint density at radius 1 is 1.44 bits per heavy atom. The molecule has 1 N–H and O–H groups in total. The number of hydrogen-bond acceptors (Lipinski definition) is 1. The van der Waals surface area contributed by atoms with Gasteiger partial charge in [0.15, 0.2) is 0 Å². The fraction of sp³-hybridized carbons (Fsp3) is 0.462. The summed E-state index contributed by atoms with van der Waals surface area (Å²) < 4.78 is 0. The number of carbonyl (C=O) groups excluding carboxylic acids is 1. The molecule has 1 rings (SSSR count). The van der Waals surface area contributed by atoms with Gasteiger partial charge < -0.3 is 5.32 Å². The van der Waals surface area contributed by atoms with Gasteiger partial charge in [-0.25, -0.2) is 0 Å². The van der Waals surface area contributed by atoms with E-state index >= 15 is 0 Å². The molecule has 0 fully saturated rings. The maximum Gasteiger partial charge on any atom is 0.238 e. The number of halogens is 1. The van der Waals surface area contributed by atoms with E-state index in [2.05, 4.69) is 34.2 Å². The lowest BCUT2D eigenvalue weighted by molar-refractivity contribution is -0.115. The molecule has 1 atom stereocenters. The molecular weight excluding hydrogens is 266 g/mol. The highest BCUT2D eigenvalue weighted by Gasteiger charge is 2.14. The zero-order valence-corrected chi connectivity index (χ0v) is 11.6. The number of alkyl halides is 1. The SMILES string of the molecule is CCc1cccc(C)c1NC(=O)[C@@H](Br)CC. The Bertz CT molecular complexity index is 376. The maximum atomic E-state index is 11.8. The van der Waals surface area contributed by atoms with Gasteiger partial charge >= 0.3 is 0 Å². The summed E-state index contributed by atoms with van der Waals surface area (Å²) in [5.74, 6) is 0.0338. The first-order valence-electron chi connectivity index (χ1n) is 5.63. The number of amides is 1. The normalized spacial score (nSPS) is 12.2. The van der Waals surface area contributed by atoms with Gasteiger partial charge in [-0.1, -0.05) is 48.0 Å². The van der Waals surface area contributed by atoms with E-state index in [4.69, 9.17) is 0 Å². The lowest BCUT2D eigenvalue weighted by atomic mass is 10.1. The molecule has 0 bridgehead atoms. The maximum absolute atomic E-state index is 11.8. The van der Waals surface area contributed by atoms with Crippen LogP contribution >= 0.6 is 15.9 Å². The van der Waals surface area contributed by atoms with Crippen LogP contribution in [-0.4, -0.2) is 10.7 Å². The van der Waals surface area contributed by atoms with E-state index < -0.39 is 0 Å². The second-order valence-corrected chi connectivity index (χ2v) is 4.93. The summed E-state index contributed by atoms with van der Waals surface area (Å²) in [7, 11) is 0. The minimum absolute atomic E-state index is 0.0338. The van der Waals surface area contributed by atoms with Gasteiger partial charge in [0.05, 0.1) is 4.83 Å². The first-order chi connectivity index (χ1) is 7.60. The van der Waals surface area contributed by atoms with Crippen LogP contribution in [0.3, 0.4) is 0 Å². The van der Waals surface area contributed by atoms with Gasteiger partial charge in [0.1, 0.15) is 0 Å². The van der Waals surface area contributed by atoms with Crippen LogP contribution in [0.4, 0.5) is 5.69 Å². The standard InChI is InChI=1S/C13H18BrNO/c1-4-10-8-6-7-9(3)12(10)15-13(16)11(14)5-2/h6-8,11H,4-5H2,1-3H3,(H,15,16)/t11-/m0/s1. The number of aryl methyl sites for hydroxylation is 2. The molecule has 0 aliphatic carbocycles. The Balaban J connectivity index is 2.92. The van der Waals surface area contributed by atoms with Crippen LogP contribution in [0.5, 0.6) is 0 Å². The zero-order valence-electron chi connectivity index (χ0n) is 10.0. The number of nitrogens with one attached hydrogen (secondary N) is 1. The van der Waals surface area contributed by atoms with Crippen LogP contribution in [0, 0.1) is 6.92 Å². The molecule has 0 aromatic heterocycles. The number of carbonyl (C=O) groups is 1. The average Bonchev–Trinajstić information content (AvgIpc) is 2.30. The number of rotatable bonds is 4. The molecule has 3 heteroatoms. The highest BCUT2D eigenvalue weighted by atomic mass is 79.9. The van der Waals surface area contributed by atoms with Gasteiger partial charge in [-0.15, -0.1) is 0 Å². The highest BCUT2D eigenvalue weighted by molar-refractivity contribution is 9.10. The smallest absolute Gasteiger partial charge is 0.238 e. The first kappa shape index (κ1) is 13.2. The molecule has 0 aliphatic rings. The Morgan fingerprint density at radius 2 is 2.12 bits per heavy atom. The number of anilines is 1. The molecule has 1 aromatic carbocycles. The van der Waals surface area contributed by atoms with Crippen LogP contribution in [0.2, 0.25) is 0 Å². The van der Waals surface area contributed by atoms with Crippen molar-refractivity contribution in [2.75, 3.05) is 5.32 Å². The molecule has 0 spiro atoms. The Hall–Kier alpha value is -0.830. The van der Waals surface area contributed by atoms with Crippen molar-refractivity contribution in [2.24, 2.45) is 0 Å². The van der Waals surface area contributed by atoms with Crippen molar-refractivity contribution >= 4 is 27.5 Å². The molecule has 0 radical (unpaired) electrons. The summed E-state index contributed by atoms with van der Waals surface area (Å²) in [5.41, 5.74) is 3.26. The van der Waals surface area contributed by atoms with E-state index in [0.29, 0.717) is 0 Å². The zero-order chi connectivity index (χ0) is 12.1. The minimum Gasteiger partial charge on any atom is -0.325 e. The summed E-state index contributed by atoms with van der Waals surface area (Å²) in [6, 6.07) is 6.09. The number of hydrogen-bond donors (Lipinski definition) is 1. The summed E-state index contributed by atoms with van der Waals surface area (Å²) in [5, 5.41) is 2.99. The Labute approximate surface area is 106 Å². The van der Waals surface area contributed by atoms with E-state index in [1.54, 1.807) is 0 Å². The van der Waals surface area contributed by atoms with Crippen LogP contribution in [0.1, 0.15) is 31.4 Å². The lowest BCUT2D eigenvalue weighted by Gasteiger charge is -2.14. The monoisotopic (exact) mass is 283 g/mol. The fourth-order valence-corrected chi connectivity index (χ4v) is 1.70. The van der Waals surface area contributed by atoms with Crippen molar-refractivity contribution in [1.82, 2.24) is 0 Å². The molecule has 0 saturated carbocycles. The topological polar surface area (TPSA) is 29.1 Å². The molecule has 0 saturated heterocycles. The molecule has 2 nitrogen and oxygen atoms in total. The summed E-state index contributed by atoms with van der Waals surface area (Å²) in [6.07, 6.45) is 1.72. The van der Waals surface area contributed by atoms with Crippen molar-refractivity contribution in [3.8, 4) is 0 Å². The van der Waals surface area contributed by atoms with Gasteiger partial charge in [-0.3, -0.25) is 4.79 Å². The molecule has 1 aromatic rings. The quantitative estimate of drug-likeness (QED) is 0.840. The van der Waals surface area contributed by atoms with Gasteiger partial charge in [-0.2, -0.15) is 0 Å². The fourth-order valence-electron chi connectivity index (χ4n) is 1.59. The molecule has 0 aliphatic heterocycles. The van der Waals surface area contributed by atoms with Crippen LogP contribution in [0.25, 0.3) is 0 Å². The van der Waals surface area contributed by atoms with Crippen LogP contribution < -0.4 is 5.32 Å². The Kier molecular flexibility index (Phi) is 5.00. The second kappa shape index (κ2) is 6.04. The molecule has 0 heterocycles. The van der Waals surface area contributed by atoms with Crippen molar-refractivity contribution in [2.45, 2.75) is 38.4 Å². The first-order valence-corrected chi connectivity index (χ1v) is 6.55. The Morgan fingerprint density at radius 3 is 2.69 bits per heavy atom. The molecule has 1 amide bonds. The largest absolute Gasteiger partial charge is 0.325 e. The molecule has 0 unspecified atom stereocenters. The third kappa shape index (κ3) is 3.08. The minimum atomic E-state index is -0.114. The predicted octanol–water partition coefficient (Wildman–Crippen LogP) is 3.67. The molecule has 16 heavy (non-hydrogen) atoms. The van der Waals surface area contributed by atoms with Crippen LogP contribution in [0.15, 0.2) is 18.2 Å². The summed E-state index contributed by atoms with van der Waals surface area (Å²) in [4.78, 5) is 11.7. The number of benzene rings is 1. The molecular formula is C13H18BrNO. The van der Waals surface area contributed by atoms with Gasteiger partial charge in [0.25, 0.3) is 0 Å². The van der Waals surface area contributed by atoms with Crippen molar-refractivity contribution in [3.05, 3.63) is 29.3 Å². The van der Waals surface area contributed by atoms with E-state index in [1.165, 1.54) is 5.56 Å². The lowest BCUT2D eigenvalue weighted by Crippen LogP contribution is -2.23. The number of para-hydroxylation sites is 1.